The van der Waals surface area contributed by atoms with E-state index in [2.05, 4.69) is 133 Å². The van der Waals surface area contributed by atoms with Crippen LogP contribution in [0.3, 0.4) is 0 Å². The van der Waals surface area contributed by atoms with E-state index in [1.54, 1.807) is 0 Å². The Balaban J connectivity index is 1.61. The number of hydrogen-bond acceptors (Lipinski definition) is 2. The van der Waals surface area contributed by atoms with Gasteiger partial charge in [0.2, 0.25) is 0 Å². The second-order valence-electron chi connectivity index (χ2n) is 9.66. The van der Waals surface area contributed by atoms with Crippen molar-refractivity contribution >= 4 is 11.4 Å². The molecule has 4 aromatic rings. The Bertz CT molecular complexity index is 1260. The summed E-state index contributed by atoms with van der Waals surface area (Å²) in [6.07, 6.45) is 1.81. The minimum Gasteiger partial charge on any atom is -0.360 e. The van der Waals surface area contributed by atoms with E-state index in [1.165, 1.54) is 39.2 Å². The van der Waals surface area contributed by atoms with Crippen molar-refractivity contribution in [2.24, 2.45) is 0 Å². The summed E-state index contributed by atoms with van der Waals surface area (Å²) >= 11 is 0. The second-order valence-corrected chi connectivity index (χ2v) is 9.66. The van der Waals surface area contributed by atoms with E-state index < -0.39 is 0 Å². The molecule has 2 aliphatic rings. The van der Waals surface area contributed by atoms with Gasteiger partial charge < -0.3 is 9.80 Å². The molecule has 0 amide bonds. The lowest BCUT2D eigenvalue weighted by Crippen LogP contribution is -2.54. The molecule has 6 rings (SSSR count). The average Bonchev–Trinajstić information content (AvgIpc) is 3.38. The predicted octanol–water partition coefficient (Wildman–Crippen LogP) is 6.72. The number of fused-ring (bicyclic) bond motifs is 2. The van der Waals surface area contributed by atoms with Gasteiger partial charge in [-0.3, -0.25) is 0 Å². The highest BCUT2D eigenvalue weighted by atomic mass is 15.3. The van der Waals surface area contributed by atoms with E-state index in [9.17, 15) is 0 Å². The molecule has 168 valence electrons. The van der Waals surface area contributed by atoms with E-state index in [0.29, 0.717) is 0 Å². The average molecular weight is 443 g/mol. The second kappa shape index (κ2) is 7.63. The maximum atomic E-state index is 5.00. The van der Waals surface area contributed by atoms with Crippen LogP contribution in [0.2, 0.25) is 0 Å². The van der Waals surface area contributed by atoms with Crippen molar-refractivity contribution in [3.05, 3.63) is 144 Å². The number of anilines is 2. The summed E-state index contributed by atoms with van der Waals surface area (Å²) in [5.41, 5.74) is 8.39. The fourth-order valence-corrected chi connectivity index (χ4v) is 6.50. The summed E-state index contributed by atoms with van der Waals surface area (Å²) in [5, 5.41) is 0. The molecule has 4 aromatic carbocycles. The largest absolute Gasteiger partial charge is 0.360 e. The van der Waals surface area contributed by atoms with Crippen LogP contribution < -0.4 is 9.80 Å². The first-order valence-corrected chi connectivity index (χ1v) is 12.0. The minimum absolute atomic E-state index is 0.364. The van der Waals surface area contributed by atoms with Crippen LogP contribution in [0.4, 0.5) is 11.4 Å². The van der Waals surface area contributed by atoms with Crippen LogP contribution in [-0.2, 0) is 23.9 Å². The van der Waals surface area contributed by atoms with Crippen LogP contribution in [0.15, 0.2) is 121 Å². The van der Waals surface area contributed by atoms with Gasteiger partial charge >= 0.3 is 0 Å². The molecule has 2 atom stereocenters. The van der Waals surface area contributed by atoms with Gasteiger partial charge in [-0.1, -0.05) is 104 Å². The number of hydrogen-bond donors (Lipinski definition) is 0. The van der Waals surface area contributed by atoms with Gasteiger partial charge in [0.1, 0.15) is 0 Å². The third-order valence-corrected chi connectivity index (χ3v) is 8.24. The highest BCUT2D eigenvalue weighted by Gasteiger charge is 2.56. The minimum atomic E-state index is -0.364. The first-order chi connectivity index (χ1) is 16.6. The van der Waals surface area contributed by atoms with Gasteiger partial charge in [0.15, 0.2) is 0 Å². The van der Waals surface area contributed by atoms with Crippen LogP contribution in [0.25, 0.3) is 0 Å². The molecule has 0 saturated heterocycles. The summed E-state index contributed by atoms with van der Waals surface area (Å²) in [6.45, 7) is 5.00. The molecular formula is C32H30N2. The molecule has 0 aromatic heterocycles. The zero-order chi connectivity index (χ0) is 23.3. The summed E-state index contributed by atoms with van der Waals surface area (Å²) in [7, 11) is 4.48. The van der Waals surface area contributed by atoms with Crippen molar-refractivity contribution in [1.29, 1.82) is 0 Å². The van der Waals surface area contributed by atoms with Crippen LogP contribution in [0.1, 0.15) is 22.3 Å². The zero-order valence-electron chi connectivity index (χ0n) is 19.9. The Labute approximate surface area is 202 Å². The first kappa shape index (κ1) is 20.8. The number of nitrogens with zero attached hydrogens (tertiary/aromatic N) is 2. The van der Waals surface area contributed by atoms with Gasteiger partial charge in [0.05, 0.1) is 11.1 Å². The molecule has 2 aliphatic heterocycles. The fourth-order valence-electron chi connectivity index (χ4n) is 6.50. The van der Waals surface area contributed by atoms with Crippen molar-refractivity contribution in [2.75, 3.05) is 23.9 Å². The maximum Gasteiger partial charge on any atom is 0.0927 e. The van der Waals surface area contributed by atoms with Crippen molar-refractivity contribution < 1.29 is 0 Å². The van der Waals surface area contributed by atoms with Crippen LogP contribution in [0, 0.1) is 0 Å². The lowest BCUT2D eigenvalue weighted by atomic mass is 9.67. The zero-order valence-corrected chi connectivity index (χ0v) is 19.9. The predicted molar refractivity (Wildman–Crippen MR) is 142 cm³/mol. The van der Waals surface area contributed by atoms with E-state index in [-0.39, 0.29) is 11.1 Å². The van der Waals surface area contributed by atoms with E-state index in [0.717, 1.165) is 12.8 Å². The maximum absolute atomic E-state index is 5.00. The Kier molecular flexibility index (Phi) is 4.67. The molecule has 2 heterocycles. The van der Waals surface area contributed by atoms with E-state index in [1.807, 2.05) is 0 Å². The Morgan fingerprint density at radius 3 is 1.29 bits per heavy atom. The van der Waals surface area contributed by atoms with Gasteiger partial charge in [0, 0.05) is 38.3 Å². The molecule has 2 heteroatoms. The molecule has 0 bridgehead atoms. The molecule has 0 radical (unpaired) electrons. The van der Waals surface area contributed by atoms with Crippen molar-refractivity contribution in [2.45, 2.75) is 23.9 Å². The molecule has 0 N–H and O–H groups in total. The molecule has 2 nitrogen and oxygen atoms in total. The van der Waals surface area contributed by atoms with E-state index >= 15 is 0 Å². The Morgan fingerprint density at radius 2 is 0.912 bits per heavy atom. The summed E-state index contributed by atoms with van der Waals surface area (Å²) in [6, 6.07) is 39.5. The molecule has 2 unspecified atom stereocenters. The normalized spacial score (nSPS) is 23.0. The highest BCUT2D eigenvalue weighted by Crippen LogP contribution is 2.57. The highest BCUT2D eigenvalue weighted by molar-refractivity contribution is 5.72. The number of benzene rings is 4. The standard InChI is InChI=1S/C32H30N2/c1-24(31(27-16-6-4-7-17-27)22-25-14-10-12-20-29(25)33(31)2)32(28-18-8-5-9-19-28)23-26-15-11-13-21-30(26)34(32)3/h4-21H,1,22-23H2,2-3H3. The lowest BCUT2D eigenvalue weighted by molar-refractivity contribution is 0.400. The van der Waals surface area contributed by atoms with Crippen molar-refractivity contribution in [3.63, 3.8) is 0 Å². The Hall–Kier alpha value is -3.78. The molecule has 34 heavy (non-hydrogen) atoms. The van der Waals surface area contributed by atoms with Gasteiger partial charge in [-0.05, 0) is 40.0 Å². The summed E-state index contributed by atoms with van der Waals surface area (Å²) < 4.78 is 0. The van der Waals surface area contributed by atoms with Gasteiger partial charge in [0.25, 0.3) is 0 Å². The van der Waals surface area contributed by atoms with Gasteiger partial charge in [-0.15, -0.1) is 0 Å². The number of likely N-dealkylation sites (N-methyl/N-ethyl adjacent to an activating group) is 2. The summed E-state index contributed by atoms with van der Waals surface area (Å²) in [5.74, 6) is 0. The molecule has 0 aliphatic carbocycles. The Morgan fingerprint density at radius 1 is 0.559 bits per heavy atom. The summed E-state index contributed by atoms with van der Waals surface area (Å²) in [4.78, 5) is 4.95. The number of rotatable bonds is 4. The quantitative estimate of drug-likeness (QED) is 0.324. The SMILES string of the molecule is C=C(C1(c2ccccc2)Cc2ccccc2N1C)C1(c2ccccc2)Cc2ccccc2N1C. The van der Waals surface area contributed by atoms with Gasteiger partial charge in [-0.25, -0.2) is 0 Å². The first-order valence-electron chi connectivity index (χ1n) is 12.0. The fraction of sp³-hybridized carbons (Fsp3) is 0.188. The van der Waals surface area contributed by atoms with E-state index in [4.69, 9.17) is 6.58 Å². The van der Waals surface area contributed by atoms with Gasteiger partial charge in [-0.2, -0.15) is 0 Å². The van der Waals surface area contributed by atoms with Crippen LogP contribution in [-0.4, -0.2) is 14.1 Å². The van der Waals surface area contributed by atoms with Crippen molar-refractivity contribution in [1.82, 2.24) is 0 Å². The molecular weight excluding hydrogens is 412 g/mol. The van der Waals surface area contributed by atoms with Crippen molar-refractivity contribution in [3.8, 4) is 0 Å². The molecule has 0 saturated carbocycles. The monoisotopic (exact) mass is 442 g/mol. The van der Waals surface area contributed by atoms with Crippen LogP contribution >= 0.6 is 0 Å². The molecule has 0 spiro atoms. The topological polar surface area (TPSA) is 6.48 Å². The third-order valence-electron chi connectivity index (χ3n) is 8.24. The molecule has 0 fully saturated rings. The lowest BCUT2D eigenvalue weighted by Gasteiger charge is -2.50. The number of para-hydroxylation sites is 2. The van der Waals surface area contributed by atoms with Crippen LogP contribution in [0.5, 0.6) is 0 Å². The smallest absolute Gasteiger partial charge is 0.0927 e. The third kappa shape index (κ3) is 2.69.